The molecule has 1 aromatic carbocycles. The van der Waals surface area contributed by atoms with Crippen molar-refractivity contribution in [2.75, 3.05) is 0 Å². The van der Waals surface area contributed by atoms with Gasteiger partial charge in [-0.15, -0.1) is 18.3 Å². The van der Waals surface area contributed by atoms with Gasteiger partial charge in [-0.25, -0.2) is 0 Å². The minimum Gasteiger partial charge on any atom is -0.461 e. The van der Waals surface area contributed by atoms with Gasteiger partial charge in [0.1, 0.15) is 11.4 Å². The van der Waals surface area contributed by atoms with Crippen LogP contribution in [0, 0.1) is 17.8 Å². The zero-order chi connectivity index (χ0) is 16.7. The Hall–Kier alpha value is -1.22. The standard InChI is InChI=1S/C19H28O2S/c1-7-15(6)18(22-16-11-9-8-10-12-16)19(20)21-17(13(2)3)14(4)5/h7-15,17-18H,1H2,2-6H3/t15-,18-/m0/s1. The summed E-state index contributed by atoms with van der Waals surface area (Å²) in [6, 6.07) is 9.97. The zero-order valence-electron chi connectivity index (χ0n) is 14.3. The van der Waals surface area contributed by atoms with Crippen molar-refractivity contribution < 1.29 is 9.53 Å². The fraction of sp³-hybridized carbons (Fsp3) is 0.526. The lowest BCUT2D eigenvalue weighted by Crippen LogP contribution is -2.35. The first-order valence-corrected chi connectivity index (χ1v) is 8.79. The van der Waals surface area contributed by atoms with Crippen LogP contribution < -0.4 is 0 Å². The average Bonchev–Trinajstić information content (AvgIpc) is 2.49. The van der Waals surface area contributed by atoms with Crippen molar-refractivity contribution in [2.45, 2.75) is 50.9 Å². The van der Waals surface area contributed by atoms with E-state index >= 15 is 0 Å². The molecule has 2 nitrogen and oxygen atoms in total. The van der Waals surface area contributed by atoms with Gasteiger partial charge in [-0.1, -0.05) is 58.9 Å². The van der Waals surface area contributed by atoms with Crippen molar-refractivity contribution in [3.63, 3.8) is 0 Å². The van der Waals surface area contributed by atoms with E-state index in [1.807, 2.05) is 43.3 Å². The van der Waals surface area contributed by atoms with Crippen molar-refractivity contribution in [2.24, 2.45) is 17.8 Å². The summed E-state index contributed by atoms with van der Waals surface area (Å²) in [5.41, 5.74) is 0. The van der Waals surface area contributed by atoms with E-state index in [2.05, 4.69) is 34.3 Å². The van der Waals surface area contributed by atoms with Crippen LogP contribution in [0.1, 0.15) is 34.6 Å². The maximum absolute atomic E-state index is 12.7. The molecule has 22 heavy (non-hydrogen) atoms. The Morgan fingerprint density at radius 1 is 1.09 bits per heavy atom. The molecule has 0 saturated carbocycles. The number of allylic oxidation sites excluding steroid dienone is 1. The topological polar surface area (TPSA) is 26.3 Å². The molecule has 0 radical (unpaired) electrons. The SMILES string of the molecule is C=C[C@H](C)[C@H](Sc1ccccc1)C(=O)OC(C(C)C)C(C)C. The van der Waals surface area contributed by atoms with Crippen molar-refractivity contribution >= 4 is 17.7 Å². The molecule has 0 N–H and O–H groups in total. The molecule has 0 aromatic heterocycles. The summed E-state index contributed by atoms with van der Waals surface area (Å²) in [4.78, 5) is 13.7. The molecule has 0 aliphatic heterocycles. The number of hydrogen-bond donors (Lipinski definition) is 0. The van der Waals surface area contributed by atoms with Gasteiger partial charge in [0, 0.05) is 4.90 Å². The number of rotatable bonds is 8. The summed E-state index contributed by atoms with van der Waals surface area (Å²) >= 11 is 1.55. The van der Waals surface area contributed by atoms with Gasteiger partial charge in [-0.05, 0) is 29.9 Å². The number of hydrogen-bond acceptors (Lipinski definition) is 3. The molecule has 2 atom stereocenters. The molecule has 3 heteroatoms. The minimum absolute atomic E-state index is 0.0524. The van der Waals surface area contributed by atoms with E-state index in [1.165, 1.54) is 0 Å². The maximum atomic E-state index is 12.7. The molecule has 0 aliphatic rings. The van der Waals surface area contributed by atoms with E-state index in [-0.39, 0.29) is 23.2 Å². The lowest BCUT2D eigenvalue weighted by molar-refractivity contribution is -0.153. The highest BCUT2D eigenvalue weighted by atomic mass is 32.2. The Bertz CT molecular complexity index is 460. The smallest absolute Gasteiger partial charge is 0.320 e. The van der Waals surface area contributed by atoms with E-state index in [9.17, 15) is 4.79 Å². The molecule has 0 heterocycles. The van der Waals surface area contributed by atoms with Crippen molar-refractivity contribution in [3.8, 4) is 0 Å². The van der Waals surface area contributed by atoms with E-state index < -0.39 is 0 Å². The molecule has 0 fully saturated rings. The zero-order valence-corrected chi connectivity index (χ0v) is 15.1. The second-order valence-electron chi connectivity index (χ2n) is 6.34. The summed E-state index contributed by atoms with van der Waals surface area (Å²) in [5.74, 6) is 0.530. The van der Waals surface area contributed by atoms with Gasteiger partial charge in [-0.2, -0.15) is 0 Å². The molecule has 1 rings (SSSR count). The van der Waals surface area contributed by atoms with Crippen LogP contribution in [0.2, 0.25) is 0 Å². The molecule has 0 saturated heterocycles. The number of carbonyl (C=O) groups excluding carboxylic acids is 1. The van der Waals surface area contributed by atoms with Gasteiger partial charge in [0.15, 0.2) is 0 Å². The first-order chi connectivity index (χ1) is 10.4. The van der Waals surface area contributed by atoms with Gasteiger partial charge >= 0.3 is 5.97 Å². The van der Waals surface area contributed by atoms with Crippen LogP contribution in [-0.4, -0.2) is 17.3 Å². The lowest BCUT2D eigenvalue weighted by Gasteiger charge is -2.28. The summed E-state index contributed by atoms with van der Waals surface area (Å²) in [6.45, 7) is 14.2. The van der Waals surface area contributed by atoms with Crippen molar-refractivity contribution in [1.82, 2.24) is 0 Å². The fourth-order valence-corrected chi connectivity index (χ4v) is 3.47. The molecular weight excluding hydrogens is 292 g/mol. The van der Waals surface area contributed by atoms with Gasteiger partial charge in [0.25, 0.3) is 0 Å². The Balaban J connectivity index is 2.87. The highest BCUT2D eigenvalue weighted by molar-refractivity contribution is 8.00. The first kappa shape index (κ1) is 18.8. The van der Waals surface area contributed by atoms with Crippen LogP contribution in [-0.2, 0) is 9.53 Å². The summed E-state index contributed by atoms with van der Waals surface area (Å²) in [5, 5.41) is -0.264. The Labute approximate surface area is 139 Å². The second kappa shape index (κ2) is 9.04. The van der Waals surface area contributed by atoms with E-state index in [1.54, 1.807) is 11.8 Å². The monoisotopic (exact) mass is 320 g/mol. The predicted molar refractivity (Wildman–Crippen MR) is 95.0 cm³/mol. The van der Waals surface area contributed by atoms with E-state index in [0.717, 1.165) is 4.90 Å². The second-order valence-corrected chi connectivity index (χ2v) is 7.55. The molecule has 0 bridgehead atoms. The quantitative estimate of drug-likeness (QED) is 0.374. The van der Waals surface area contributed by atoms with Gasteiger partial charge in [-0.3, -0.25) is 4.79 Å². The van der Waals surface area contributed by atoms with E-state index in [0.29, 0.717) is 11.8 Å². The third-order valence-corrected chi connectivity index (χ3v) is 5.07. The molecule has 0 amide bonds. The van der Waals surface area contributed by atoms with Gasteiger partial charge < -0.3 is 4.74 Å². The van der Waals surface area contributed by atoms with Crippen LogP contribution in [0.3, 0.4) is 0 Å². The Kier molecular flexibility index (Phi) is 7.74. The number of esters is 1. The highest BCUT2D eigenvalue weighted by Gasteiger charge is 2.30. The molecule has 0 aliphatic carbocycles. The summed E-state index contributed by atoms with van der Waals surface area (Å²) < 4.78 is 5.82. The fourth-order valence-electron chi connectivity index (χ4n) is 2.38. The molecule has 122 valence electrons. The van der Waals surface area contributed by atoms with Crippen LogP contribution >= 0.6 is 11.8 Å². The summed E-state index contributed by atoms with van der Waals surface area (Å²) in [6.07, 6.45) is 1.77. The minimum atomic E-state index is -0.264. The highest BCUT2D eigenvalue weighted by Crippen LogP contribution is 2.31. The summed E-state index contributed by atoms with van der Waals surface area (Å²) in [7, 11) is 0. The largest absolute Gasteiger partial charge is 0.461 e. The number of benzene rings is 1. The normalized spacial score (nSPS) is 14.2. The third-order valence-electron chi connectivity index (χ3n) is 3.65. The number of ether oxygens (including phenoxy) is 1. The number of thioether (sulfide) groups is 1. The van der Waals surface area contributed by atoms with Crippen molar-refractivity contribution in [3.05, 3.63) is 43.0 Å². The first-order valence-electron chi connectivity index (χ1n) is 7.91. The predicted octanol–water partition coefficient (Wildman–Crippen LogP) is 5.19. The van der Waals surface area contributed by atoms with Gasteiger partial charge in [0.2, 0.25) is 0 Å². The molecular formula is C19H28O2S. The Morgan fingerprint density at radius 3 is 2.09 bits per heavy atom. The average molecular weight is 320 g/mol. The molecule has 1 aromatic rings. The molecule has 0 spiro atoms. The van der Waals surface area contributed by atoms with Crippen LogP contribution in [0.4, 0.5) is 0 Å². The Morgan fingerprint density at radius 2 is 1.64 bits per heavy atom. The third kappa shape index (κ3) is 5.53. The van der Waals surface area contributed by atoms with Crippen LogP contribution in [0.15, 0.2) is 47.9 Å². The van der Waals surface area contributed by atoms with Crippen molar-refractivity contribution in [1.29, 1.82) is 0 Å². The number of carbonyl (C=O) groups is 1. The maximum Gasteiger partial charge on any atom is 0.320 e. The van der Waals surface area contributed by atoms with Gasteiger partial charge in [0.05, 0.1) is 0 Å². The van der Waals surface area contributed by atoms with Crippen LogP contribution in [0.5, 0.6) is 0 Å². The molecule has 0 unspecified atom stereocenters. The van der Waals surface area contributed by atoms with E-state index in [4.69, 9.17) is 4.74 Å². The lowest BCUT2D eigenvalue weighted by atomic mass is 9.96. The van der Waals surface area contributed by atoms with Crippen LogP contribution in [0.25, 0.3) is 0 Å².